The normalized spacial score (nSPS) is 13.1. The van der Waals surface area contributed by atoms with Crippen molar-refractivity contribution in [2.75, 3.05) is 6.54 Å². The molecule has 112 valence electrons. The molecular formula is C17H22FN3. The van der Waals surface area contributed by atoms with Crippen molar-refractivity contribution in [3.05, 3.63) is 59.9 Å². The highest BCUT2D eigenvalue weighted by atomic mass is 19.1. The van der Waals surface area contributed by atoms with Gasteiger partial charge < -0.3 is 5.32 Å². The van der Waals surface area contributed by atoms with Crippen LogP contribution in [0.4, 0.5) is 4.39 Å². The molecule has 1 aromatic carbocycles. The lowest BCUT2D eigenvalue weighted by Gasteiger charge is -2.35. The average molecular weight is 287 g/mol. The zero-order valence-corrected chi connectivity index (χ0v) is 12.8. The van der Waals surface area contributed by atoms with E-state index in [0.29, 0.717) is 0 Å². The fourth-order valence-corrected chi connectivity index (χ4v) is 2.52. The molecule has 0 radical (unpaired) electrons. The average Bonchev–Trinajstić information content (AvgIpc) is 2.49. The summed E-state index contributed by atoms with van der Waals surface area (Å²) in [7, 11) is 0. The van der Waals surface area contributed by atoms with Crippen LogP contribution < -0.4 is 5.32 Å². The van der Waals surface area contributed by atoms with E-state index in [9.17, 15) is 4.39 Å². The van der Waals surface area contributed by atoms with Crippen molar-refractivity contribution in [2.45, 2.75) is 38.6 Å². The molecule has 0 aliphatic rings. The van der Waals surface area contributed by atoms with Gasteiger partial charge in [-0.25, -0.2) is 4.39 Å². The van der Waals surface area contributed by atoms with E-state index >= 15 is 0 Å². The number of nitrogens with one attached hydrogen (secondary N) is 1. The first-order valence-corrected chi connectivity index (χ1v) is 7.31. The van der Waals surface area contributed by atoms with Crippen LogP contribution in [-0.4, -0.2) is 16.5 Å². The molecule has 1 heterocycles. The van der Waals surface area contributed by atoms with Crippen LogP contribution in [0.1, 0.15) is 44.5 Å². The molecule has 2 aromatic rings. The Morgan fingerprint density at radius 2 is 1.90 bits per heavy atom. The van der Waals surface area contributed by atoms with E-state index in [1.165, 1.54) is 12.1 Å². The van der Waals surface area contributed by atoms with Gasteiger partial charge in [0.2, 0.25) is 0 Å². The van der Waals surface area contributed by atoms with Gasteiger partial charge in [0.25, 0.3) is 0 Å². The summed E-state index contributed by atoms with van der Waals surface area (Å²) < 4.78 is 13.2. The van der Waals surface area contributed by atoms with Crippen LogP contribution in [0, 0.1) is 5.82 Å². The maximum Gasteiger partial charge on any atom is 0.123 e. The predicted molar refractivity (Wildman–Crippen MR) is 82.5 cm³/mol. The summed E-state index contributed by atoms with van der Waals surface area (Å²) >= 11 is 0. The van der Waals surface area contributed by atoms with Gasteiger partial charge in [0, 0.05) is 24.0 Å². The lowest BCUT2D eigenvalue weighted by molar-refractivity contribution is 0.340. The van der Waals surface area contributed by atoms with Crippen molar-refractivity contribution in [3.8, 4) is 0 Å². The second-order valence-corrected chi connectivity index (χ2v) is 5.75. The maximum atomic E-state index is 13.2. The smallest absolute Gasteiger partial charge is 0.123 e. The SMILES string of the molecule is CCCNC(c1cnccn1)C(C)(C)c1ccc(F)cc1. The fraction of sp³-hybridized carbons (Fsp3) is 0.412. The summed E-state index contributed by atoms with van der Waals surface area (Å²) in [5.74, 6) is -0.216. The highest BCUT2D eigenvalue weighted by Crippen LogP contribution is 2.36. The van der Waals surface area contributed by atoms with Crippen molar-refractivity contribution in [1.29, 1.82) is 0 Å². The van der Waals surface area contributed by atoms with Gasteiger partial charge in [0.1, 0.15) is 5.82 Å². The molecule has 0 spiro atoms. The molecule has 1 unspecified atom stereocenters. The van der Waals surface area contributed by atoms with Crippen LogP contribution in [0.3, 0.4) is 0 Å². The van der Waals surface area contributed by atoms with Crippen molar-refractivity contribution in [2.24, 2.45) is 0 Å². The monoisotopic (exact) mass is 287 g/mol. The van der Waals surface area contributed by atoms with Crippen molar-refractivity contribution < 1.29 is 4.39 Å². The van der Waals surface area contributed by atoms with Crippen LogP contribution in [-0.2, 0) is 5.41 Å². The molecule has 0 aliphatic heterocycles. The van der Waals surface area contributed by atoms with E-state index in [1.54, 1.807) is 18.6 Å². The third-order valence-corrected chi connectivity index (χ3v) is 3.79. The molecule has 1 atom stereocenters. The molecule has 0 aliphatic carbocycles. The van der Waals surface area contributed by atoms with Gasteiger partial charge in [-0.15, -0.1) is 0 Å². The largest absolute Gasteiger partial charge is 0.308 e. The Morgan fingerprint density at radius 3 is 2.48 bits per heavy atom. The summed E-state index contributed by atoms with van der Waals surface area (Å²) in [6.07, 6.45) is 6.21. The van der Waals surface area contributed by atoms with Crippen LogP contribution in [0.2, 0.25) is 0 Å². The number of halogens is 1. The summed E-state index contributed by atoms with van der Waals surface area (Å²) in [4.78, 5) is 8.61. The Labute approximate surface area is 125 Å². The molecular weight excluding hydrogens is 265 g/mol. The zero-order valence-electron chi connectivity index (χ0n) is 12.8. The van der Waals surface area contributed by atoms with Crippen molar-refractivity contribution in [3.63, 3.8) is 0 Å². The standard InChI is InChI=1S/C17H22FN3/c1-4-9-21-16(15-12-19-10-11-20-15)17(2,3)13-5-7-14(18)8-6-13/h5-8,10-12,16,21H,4,9H2,1-3H3. The van der Waals surface area contributed by atoms with Gasteiger partial charge in [0.15, 0.2) is 0 Å². The van der Waals surface area contributed by atoms with E-state index in [4.69, 9.17) is 0 Å². The number of rotatable bonds is 6. The van der Waals surface area contributed by atoms with Gasteiger partial charge in [-0.1, -0.05) is 32.9 Å². The molecule has 0 saturated carbocycles. The zero-order chi connectivity index (χ0) is 15.3. The van der Waals surface area contributed by atoms with Gasteiger partial charge in [-0.2, -0.15) is 0 Å². The van der Waals surface area contributed by atoms with Gasteiger partial charge in [-0.05, 0) is 30.7 Å². The van der Waals surface area contributed by atoms with E-state index in [2.05, 4.69) is 36.1 Å². The van der Waals surface area contributed by atoms with Crippen LogP contribution in [0.15, 0.2) is 42.9 Å². The van der Waals surface area contributed by atoms with Crippen LogP contribution >= 0.6 is 0 Å². The highest BCUT2D eigenvalue weighted by molar-refractivity contribution is 5.29. The summed E-state index contributed by atoms with van der Waals surface area (Å²) in [6, 6.07) is 6.71. The Bertz CT molecular complexity index is 552. The summed E-state index contributed by atoms with van der Waals surface area (Å²) in [5.41, 5.74) is 1.75. The lowest BCUT2D eigenvalue weighted by atomic mass is 9.76. The third kappa shape index (κ3) is 3.64. The topological polar surface area (TPSA) is 37.8 Å². The van der Waals surface area contributed by atoms with Crippen LogP contribution in [0.5, 0.6) is 0 Å². The summed E-state index contributed by atoms with van der Waals surface area (Å²) in [5, 5.41) is 3.54. The quantitative estimate of drug-likeness (QED) is 0.881. The first kappa shape index (κ1) is 15.6. The minimum absolute atomic E-state index is 0.0246. The maximum absolute atomic E-state index is 13.2. The third-order valence-electron chi connectivity index (χ3n) is 3.79. The predicted octanol–water partition coefficient (Wildman–Crippen LogP) is 3.63. The number of hydrogen-bond donors (Lipinski definition) is 1. The van der Waals surface area contributed by atoms with E-state index in [-0.39, 0.29) is 17.3 Å². The summed E-state index contributed by atoms with van der Waals surface area (Å²) in [6.45, 7) is 7.31. The Kier molecular flexibility index (Phi) is 5.02. The second kappa shape index (κ2) is 6.76. The van der Waals surface area contributed by atoms with Gasteiger partial charge in [0.05, 0.1) is 11.7 Å². The molecule has 0 bridgehead atoms. The first-order valence-electron chi connectivity index (χ1n) is 7.31. The van der Waals surface area contributed by atoms with Gasteiger partial charge in [-0.3, -0.25) is 9.97 Å². The van der Waals surface area contributed by atoms with Crippen LogP contribution in [0.25, 0.3) is 0 Å². The number of nitrogens with zero attached hydrogens (tertiary/aromatic N) is 2. The molecule has 1 N–H and O–H groups in total. The number of benzene rings is 1. The molecule has 2 rings (SSSR count). The Balaban J connectivity index is 2.36. The van der Waals surface area contributed by atoms with Gasteiger partial charge >= 0.3 is 0 Å². The molecule has 0 saturated heterocycles. The molecule has 1 aromatic heterocycles. The van der Waals surface area contributed by atoms with E-state index in [1.807, 2.05) is 12.1 Å². The molecule has 3 nitrogen and oxygen atoms in total. The fourth-order valence-electron chi connectivity index (χ4n) is 2.52. The minimum atomic E-state index is -0.223. The number of hydrogen-bond acceptors (Lipinski definition) is 3. The Morgan fingerprint density at radius 1 is 1.19 bits per heavy atom. The molecule has 0 amide bonds. The Hall–Kier alpha value is -1.81. The minimum Gasteiger partial charge on any atom is -0.308 e. The lowest BCUT2D eigenvalue weighted by Crippen LogP contribution is -2.38. The highest BCUT2D eigenvalue weighted by Gasteiger charge is 2.33. The van der Waals surface area contributed by atoms with Crippen molar-refractivity contribution >= 4 is 0 Å². The second-order valence-electron chi connectivity index (χ2n) is 5.75. The first-order chi connectivity index (χ1) is 10.1. The van der Waals surface area contributed by atoms with E-state index in [0.717, 1.165) is 24.2 Å². The van der Waals surface area contributed by atoms with Crippen molar-refractivity contribution in [1.82, 2.24) is 15.3 Å². The number of aromatic nitrogens is 2. The molecule has 0 fully saturated rings. The molecule has 21 heavy (non-hydrogen) atoms. The van der Waals surface area contributed by atoms with E-state index < -0.39 is 0 Å². The molecule has 4 heteroatoms.